The van der Waals surface area contributed by atoms with E-state index in [1.165, 1.54) is 12.1 Å². The standard InChI is InChI=1S/C24H19N3O7/c1-2-24(34-22(29)12-3-4-12)17-9-19-20-14(10-26(19)21(28)16(17)11-33-23(24)30)7-13-8-15(27(31)32)5-6-18(13)25-20/h5-9,12H,2-4,10-11H2,1H3. The van der Waals surface area contributed by atoms with E-state index in [0.29, 0.717) is 27.9 Å². The molecule has 6 rings (SSSR count). The Balaban J connectivity index is 1.53. The van der Waals surface area contributed by atoms with Crippen molar-refractivity contribution in [2.24, 2.45) is 5.92 Å². The first kappa shape index (κ1) is 20.5. The topological polar surface area (TPSA) is 131 Å². The minimum atomic E-state index is -1.68. The lowest BCUT2D eigenvalue weighted by molar-refractivity contribution is -0.384. The Kier molecular flexibility index (Phi) is 4.20. The van der Waals surface area contributed by atoms with E-state index < -0.39 is 22.5 Å². The Hall–Kier alpha value is -4.08. The molecule has 4 heterocycles. The molecule has 34 heavy (non-hydrogen) atoms. The van der Waals surface area contributed by atoms with Gasteiger partial charge in [0.2, 0.25) is 5.60 Å². The molecule has 0 amide bonds. The molecule has 1 aliphatic carbocycles. The van der Waals surface area contributed by atoms with Gasteiger partial charge in [-0.25, -0.2) is 9.78 Å². The van der Waals surface area contributed by atoms with Gasteiger partial charge in [0.1, 0.15) is 6.61 Å². The maximum absolute atomic E-state index is 13.5. The van der Waals surface area contributed by atoms with E-state index in [1.54, 1.807) is 29.7 Å². The first-order valence-corrected chi connectivity index (χ1v) is 11.1. The fourth-order valence-corrected chi connectivity index (χ4v) is 4.82. The molecule has 3 aromatic rings. The molecule has 10 heteroatoms. The number of carbonyl (C=O) groups excluding carboxylic acids is 2. The first-order chi connectivity index (χ1) is 16.3. The van der Waals surface area contributed by atoms with E-state index in [0.717, 1.165) is 18.4 Å². The maximum Gasteiger partial charge on any atom is 0.355 e. The number of rotatable bonds is 4. The van der Waals surface area contributed by atoms with Crippen molar-refractivity contribution >= 4 is 28.5 Å². The van der Waals surface area contributed by atoms with Crippen LogP contribution >= 0.6 is 0 Å². The van der Waals surface area contributed by atoms with Gasteiger partial charge in [-0.1, -0.05) is 6.92 Å². The van der Waals surface area contributed by atoms with Gasteiger partial charge in [0.05, 0.1) is 39.9 Å². The fraction of sp³-hybridized carbons (Fsp3) is 0.333. The molecule has 0 bridgehead atoms. The highest BCUT2D eigenvalue weighted by molar-refractivity contribution is 5.89. The van der Waals surface area contributed by atoms with Crippen LogP contribution in [0.4, 0.5) is 5.69 Å². The maximum atomic E-state index is 13.5. The van der Waals surface area contributed by atoms with Gasteiger partial charge in [0, 0.05) is 28.6 Å². The van der Waals surface area contributed by atoms with Gasteiger partial charge in [0.15, 0.2) is 0 Å². The van der Waals surface area contributed by atoms with Crippen molar-refractivity contribution in [1.82, 2.24) is 9.55 Å². The number of aromatic nitrogens is 2. The van der Waals surface area contributed by atoms with Crippen molar-refractivity contribution in [3.05, 3.63) is 67.5 Å². The van der Waals surface area contributed by atoms with Crippen molar-refractivity contribution in [1.29, 1.82) is 0 Å². The Morgan fingerprint density at radius 2 is 2.09 bits per heavy atom. The third kappa shape index (κ3) is 2.81. The molecule has 2 aliphatic heterocycles. The number of nitro groups is 1. The van der Waals surface area contributed by atoms with Crippen LogP contribution in [0.5, 0.6) is 0 Å². The van der Waals surface area contributed by atoms with Gasteiger partial charge >= 0.3 is 11.9 Å². The Bertz CT molecular complexity index is 1500. The summed E-state index contributed by atoms with van der Waals surface area (Å²) in [5, 5.41) is 11.7. The highest BCUT2D eigenvalue weighted by Gasteiger charge is 2.51. The summed E-state index contributed by atoms with van der Waals surface area (Å²) in [6, 6.07) is 7.89. The SMILES string of the molecule is CCC1(OC(=O)C2CC2)C(=O)OCc2c1cc1n(c2=O)Cc2cc3cc([N+](=O)[O-])ccc3nc2-1. The number of benzene rings is 1. The number of non-ortho nitro benzene ring substituents is 1. The average Bonchev–Trinajstić information content (AvgIpc) is 3.62. The zero-order valence-electron chi connectivity index (χ0n) is 18.2. The van der Waals surface area contributed by atoms with Crippen LogP contribution in [-0.2, 0) is 37.8 Å². The number of nitro benzene ring substituents is 1. The summed E-state index contributed by atoms with van der Waals surface area (Å²) in [6.45, 7) is 1.75. The number of esters is 2. The third-order valence-corrected chi connectivity index (χ3v) is 6.86. The molecular formula is C24H19N3O7. The van der Waals surface area contributed by atoms with Crippen LogP contribution in [-0.4, -0.2) is 26.4 Å². The van der Waals surface area contributed by atoms with Crippen LogP contribution in [0.15, 0.2) is 35.1 Å². The summed E-state index contributed by atoms with van der Waals surface area (Å²) in [5.41, 5.74) is 0.902. The summed E-state index contributed by atoms with van der Waals surface area (Å²) < 4.78 is 12.6. The van der Waals surface area contributed by atoms with Crippen LogP contribution < -0.4 is 5.56 Å². The molecule has 0 N–H and O–H groups in total. The molecule has 1 saturated carbocycles. The van der Waals surface area contributed by atoms with Crippen molar-refractivity contribution < 1.29 is 24.0 Å². The molecule has 0 saturated heterocycles. The molecule has 2 aromatic heterocycles. The van der Waals surface area contributed by atoms with E-state index in [9.17, 15) is 24.5 Å². The molecule has 3 aliphatic rings. The van der Waals surface area contributed by atoms with E-state index in [1.807, 2.05) is 0 Å². The lowest BCUT2D eigenvalue weighted by atomic mass is 9.85. The number of pyridine rings is 2. The Morgan fingerprint density at radius 1 is 1.29 bits per heavy atom. The summed E-state index contributed by atoms with van der Waals surface area (Å²) in [5.74, 6) is -1.37. The zero-order valence-corrected chi connectivity index (χ0v) is 18.2. The monoisotopic (exact) mass is 461 g/mol. The second-order valence-electron chi connectivity index (χ2n) is 8.90. The van der Waals surface area contributed by atoms with Crippen LogP contribution in [0.2, 0.25) is 0 Å². The Labute approximate surface area is 192 Å². The lowest BCUT2D eigenvalue weighted by Crippen LogP contribution is -2.47. The van der Waals surface area contributed by atoms with Crippen molar-refractivity contribution in [3.63, 3.8) is 0 Å². The number of hydrogen-bond donors (Lipinski definition) is 0. The van der Waals surface area contributed by atoms with Gasteiger partial charge in [-0.05, 0) is 37.5 Å². The van der Waals surface area contributed by atoms with Crippen molar-refractivity contribution in [3.8, 4) is 11.4 Å². The van der Waals surface area contributed by atoms with Gasteiger partial charge in [-0.2, -0.15) is 0 Å². The Morgan fingerprint density at radius 3 is 2.79 bits per heavy atom. The fourth-order valence-electron chi connectivity index (χ4n) is 4.82. The number of cyclic esters (lactones) is 1. The van der Waals surface area contributed by atoms with Crippen LogP contribution in [0.1, 0.15) is 42.9 Å². The highest BCUT2D eigenvalue weighted by atomic mass is 16.6. The zero-order chi connectivity index (χ0) is 23.8. The number of nitrogens with zero attached hydrogens (tertiary/aromatic N) is 3. The molecule has 1 aromatic carbocycles. The smallest absolute Gasteiger partial charge is 0.355 e. The second-order valence-corrected chi connectivity index (χ2v) is 8.90. The molecule has 0 radical (unpaired) electrons. The van der Waals surface area contributed by atoms with Crippen molar-refractivity contribution in [2.45, 2.75) is 44.9 Å². The minimum absolute atomic E-state index is 0.0433. The molecule has 1 atom stereocenters. The van der Waals surface area contributed by atoms with Crippen molar-refractivity contribution in [2.75, 3.05) is 0 Å². The molecule has 1 unspecified atom stereocenters. The summed E-state index contributed by atoms with van der Waals surface area (Å²) in [6.07, 6.45) is 1.56. The van der Waals surface area contributed by atoms with E-state index in [2.05, 4.69) is 4.98 Å². The minimum Gasteiger partial charge on any atom is -0.457 e. The number of fused-ring (bicyclic) bond motifs is 5. The van der Waals surface area contributed by atoms with Crippen LogP contribution in [0.25, 0.3) is 22.3 Å². The normalized spacial score (nSPS) is 20.3. The van der Waals surface area contributed by atoms with Gasteiger partial charge in [0.25, 0.3) is 11.2 Å². The number of ether oxygens (including phenoxy) is 2. The van der Waals surface area contributed by atoms with E-state index in [4.69, 9.17) is 9.47 Å². The summed E-state index contributed by atoms with van der Waals surface area (Å²) >= 11 is 0. The highest BCUT2D eigenvalue weighted by Crippen LogP contribution is 2.43. The average molecular weight is 461 g/mol. The predicted octanol–water partition coefficient (Wildman–Crippen LogP) is 2.95. The van der Waals surface area contributed by atoms with Gasteiger partial charge < -0.3 is 14.0 Å². The summed E-state index contributed by atoms with van der Waals surface area (Å²) in [7, 11) is 0. The molecule has 1 fully saturated rings. The number of carbonyl (C=O) groups is 2. The largest absolute Gasteiger partial charge is 0.457 e. The van der Waals surface area contributed by atoms with Gasteiger partial charge in [-0.3, -0.25) is 19.7 Å². The van der Waals surface area contributed by atoms with Gasteiger partial charge in [-0.15, -0.1) is 0 Å². The summed E-state index contributed by atoms with van der Waals surface area (Å²) in [4.78, 5) is 54.3. The second kappa shape index (κ2) is 6.96. The lowest BCUT2D eigenvalue weighted by Gasteiger charge is -2.35. The van der Waals surface area contributed by atoms with E-state index >= 15 is 0 Å². The predicted molar refractivity (Wildman–Crippen MR) is 118 cm³/mol. The molecule has 172 valence electrons. The molecule has 0 spiro atoms. The van der Waals surface area contributed by atoms with Crippen LogP contribution in [0, 0.1) is 16.0 Å². The quantitative estimate of drug-likeness (QED) is 0.258. The third-order valence-electron chi connectivity index (χ3n) is 6.86. The van der Waals surface area contributed by atoms with E-state index in [-0.39, 0.29) is 42.3 Å². The molecule has 10 nitrogen and oxygen atoms in total. The van der Waals surface area contributed by atoms with Crippen LogP contribution in [0.3, 0.4) is 0 Å². The molecular weight excluding hydrogens is 442 g/mol. The number of hydrogen-bond acceptors (Lipinski definition) is 8. The first-order valence-electron chi connectivity index (χ1n) is 11.1.